The fourth-order valence-electron chi connectivity index (χ4n) is 5.60. The lowest BCUT2D eigenvalue weighted by Gasteiger charge is -2.37. The van der Waals surface area contributed by atoms with Crippen molar-refractivity contribution in [3.8, 4) is 27.5 Å². The minimum Gasteiger partial charge on any atom is -0.336 e. The molecular formula is C30H32ClN7O2S. The van der Waals surface area contributed by atoms with Gasteiger partial charge in [-0.15, -0.1) is 0 Å². The smallest absolute Gasteiger partial charge is 0.253 e. The van der Waals surface area contributed by atoms with Gasteiger partial charge in [-0.25, -0.2) is 9.67 Å². The molecule has 0 radical (unpaired) electrons. The highest BCUT2D eigenvalue weighted by Crippen LogP contribution is 2.44. The summed E-state index contributed by atoms with van der Waals surface area (Å²) in [6.07, 6.45) is 6.13. The number of aryl methyl sites for hydroxylation is 1. The normalized spacial score (nSPS) is 15.8. The van der Waals surface area contributed by atoms with E-state index >= 15 is 0 Å². The first-order valence-corrected chi connectivity index (χ1v) is 15.2. The number of piperazine rings is 1. The summed E-state index contributed by atoms with van der Waals surface area (Å²) >= 11 is 8.34. The lowest BCUT2D eigenvalue weighted by Crippen LogP contribution is -2.51. The van der Waals surface area contributed by atoms with E-state index in [0.717, 1.165) is 65.4 Å². The van der Waals surface area contributed by atoms with E-state index < -0.39 is 0 Å². The van der Waals surface area contributed by atoms with E-state index in [4.69, 9.17) is 16.7 Å². The van der Waals surface area contributed by atoms with Crippen molar-refractivity contribution in [1.82, 2.24) is 29.5 Å². The first-order valence-electron chi connectivity index (χ1n) is 14.0. The molecule has 6 rings (SSSR count). The summed E-state index contributed by atoms with van der Waals surface area (Å²) < 4.78 is 1.85. The van der Waals surface area contributed by atoms with Crippen LogP contribution in [0.3, 0.4) is 0 Å². The second-order valence-corrected chi connectivity index (χ2v) is 12.0. The molecule has 9 nitrogen and oxygen atoms in total. The molecule has 4 aromatic rings. The van der Waals surface area contributed by atoms with Crippen molar-refractivity contribution >= 4 is 39.9 Å². The van der Waals surface area contributed by atoms with Gasteiger partial charge in [-0.1, -0.05) is 29.9 Å². The van der Waals surface area contributed by atoms with Crippen LogP contribution < -0.4 is 5.32 Å². The van der Waals surface area contributed by atoms with Crippen LogP contribution in [0.15, 0.2) is 42.7 Å². The van der Waals surface area contributed by atoms with Crippen molar-refractivity contribution in [3.63, 3.8) is 0 Å². The average molecular weight is 590 g/mol. The molecule has 2 aliphatic rings. The molecule has 212 valence electrons. The van der Waals surface area contributed by atoms with Gasteiger partial charge in [-0.05, 0) is 56.5 Å². The van der Waals surface area contributed by atoms with Gasteiger partial charge in [0.15, 0.2) is 5.13 Å². The highest BCUT2D eigenvalue weighted by atomic mass is 35.5. The topological polar surface area (TPSA) is 96.3 Å². The molecule has 1 N–H and O–H groups in total. The monoisotopic (exact) mass is 589 g/mol. The number of halogens is 1. The molecule has 1 unspecified atom stereocenters. The number of hydrogen-bond acceptors (Lipinski definition) is 7. The lowest BCUT2D eigenvalue weighted by atomic mass is 9.95. The molecule has 2 amide bonds. The highest BCUT2D eigenvalue weighted by Gasteiger charge is 2.31. The largest absolute Gasteiger partial charge is 0.336 e. The molecule has 4 heterocycles. The van der Waals surface area contributed by atoms with E-state index in [-0.39, 0.29) is 11.8 Å². The maximum Gasteiger partial charge on any atom is 0.253 e. The third kappa shape index (κ3) is 5.27. The Balaban J connectivity index is 1.37. The van der Waals surface area contributed by atoms with E-state index in [0.29, 0.717) is 40.5 Å². The number of fused-ring (bicyclic) bond motifs is 3. The van der Waals surface area contributed by atoms with Crippen LogP contribution in [0, 0.1) is 0 Å². The van der Waals surface area contributed by atoms with Crippen LogP contribution in [0.25, 0.3) is 27.5 Å². The third-order valence-corrected chi connectivity index (χ3v) is 9.29. The van der Waals surface area contributed by atoms with Gasteiger partial charge in [-0.3, -0.25) is 19.5 Å². The maximum atomic E-state index is 13.4. The van der Waals surface area contributed by atoms with Crippen LogP contribution in [-0.4, -0.2) is 73.6 Å². The number of rotatable bonds is 6. The minimum atomic E-state index is -0.162. The Morgan fingerprint density at radius 1 is 1.15 bits per heavy atom. The summed E-state index contributed by atoms with van der Waals surface area (Å²) in [5.74, 6) is -0.170. The zero-order chi connectivity index (χ0) is 28.7. The average Bonchev–Trinajstić information content (AvgIpc) is 3.57. The van der Waals surface area contributed by atoms with Crippen LogP contribution in [0.5, 0.6) is 0 Å². The Bertz CT molecular complexity index is 1610. The number of carbonyl (C=O) groups is 2. The number of nitrogens with zero attached hydrogens (tertiary/aromatic N) is 6. The number of aromatic nitrogens is 4. The van der Waals surface area contributed by atoms with Gasteiger partial charge in [0, 0.05) is 68.2 Å². The summed E-state index contributed by atoms with van der Waals surface area (Å²) in [5.41, 5.74) is 5.90. The van der Waals surface area contributed by atoms with Crippen LogP contribution in [-0.2, 0) is 17.6 Å². The van der Waals surface area contributed by atoms with Crippen molar-refractivity contribution in [2.45, 2.75) is 46.1 Å². The van der Waals surface area contributed by atoms with Gasteiger partial charge >= 0.3 is 0 Å². The number of carbonyl (C=O) groups excluding carboxylic acids is 2. The second-order valence-electron chi connectivity index (χ2n) is 10.6. The fourth-order valence-corrected chi connectivity index (χ4v) is 6.98. The summed E-state index contributed by atoms with van der Waals surface area (Å²) in [6.45, 7) is 9.06. The SMILES string of the molecule is CCC(C)N1CCN(C(=O)c2ccc(-n3nc(-c4cccnc4)c4c3-c3sc(NC(C)=O)nc3CC4)c(Cl)c2)CC1. The van der Waals surface area contributed by atoms with Crippen LogP contribution in [0.4, 0.5) is 5.13 Å². The molecule has 1 aliphatic carbocycles. The molecule has 0 spiro atoms. The Labute approximate surface area is 248 Å². The predicted octanol–water partition coefficient (Wildman–Crippen LogP) is 5.32. The van der Waals surface area contributed by atoms with E-state index in [9.17, 15) is 9.59 Å². The van der Waals surface area contributed by atoms with Gasteiger partial charge in [0.05, 0.1) is 32.7 Å². The van der Waals surface area contributed by atoms with E-state index in [1.807, 2.05) is 40.0 Å². The third-order valence-electron chi connectivity index (χ3n) is 7.96. The number of benzene rings is 1. The number of thiazole rings is 1. The fraction of sp³-hybridized carbons (Fsp3) is 0.367. The van der Waals surface area contributed by atoms with Crippen molar-refractivity contribution < 1.29 is 9.59 Å². The number of pyridine rings is 1. The molecule has 0 saturated carbocycles. The van der Waals surface area contributed by atoms with Crippen molar-refractivity contribution in [3.05, 3.63) is 64.6 Å². The zero-order valence-corrected chi connectivity index (χ0v) is 24.9. The molecule has 11 heteroatoms. The number of nitrogens with one attached hydrogen (secondary N) is 1. The second kappa shape index (κ2) is 11.3. The van der Waals surface area contributed by atoms with Gasteiger partial charge < -0.3 is 10.2 Å². The summed E-state index contributed by atoms with van der Waals surface area (Å²) in [4.78, 5) is 39.4. The summed E-state index contributed by atoms with van der Waals surface area (Å²) in [5, 5.41) is 8.87. The first-order chi connectivity index (χ1) is 19.8. The molecule has 1 saturated heterocycles. The van der Waals surface area contributed by atoms with Gasteiger partial charge in [0.2, 0.25) is 5.91 Å². The van der Waals surface area contributed by atoms with E-state index in [1.54, 1.807) is 12.3 Å². The Hall–Kier alpha value is -3.60. The summed E-state index contributed by atoms with van der Waals surface area (Å²) in [6, 6.07) is 9.86. The molecule has 1 aromatic carbocycles. The van der Waals surface area contributed by atoms with Crippen molar-refractivity contribution in [2.75, 3.05) is 31.5 Å². The Morgan fingerprint density at radius 2 is 1.95 bits per heavy atom. The Kier molecular flexibility index (Phi) is 7.63. The van der Waals surface area contributed by atoms with E-state index in [2.05, 4.69) is 34.0 Å². The Morgan fingerprint density at radius 3 is 2.63 bits per heavy atom. The summed E-state index contributed by atoms with van der Waals surface area (Å²) in [7, 11) is 0. The van der Waals surface area contributed by atoms with Crippen LogP contribution >= 0.6 is 22.9 Å². The zero-order valence-electron chi connectivity index (χ0n) is 23.4. The standard InChI is InChI=1S/C30H32ClN7O2S/c1-4-18(2)36-12-14-37(15-13-36)29(40)20-7-10-25(23(31)16-20)38-27-22(26(35-38)21-6-5-11-32-17-21)8-9-24-28(27)41-30(34-24)33-19(3)39/h5-7,10-11,16-18H,4,8-9,12-15H2,1-3H3,(H,33,34,39). The maximum absolute atomic E-state index is 13.4. The van der Waals surface area contributed by atoms with Gasteiger partial charge in [-0.2, -0.15) is 5.10 Å². The number of amides is 2. The van der Waals surface area contributed by atoms with Crippen LogP contribution in [0.1, 0.15) is 48.8 Å². The van der Waals surface area contributed by atoms with Crippen molar-refractivity contribution in [2.24, 2.45) is 0 Å². The number of hydrogen-bond donors (Lipinski definition) is 1. The van der Waals surface area contributed by atoms with E-state index in [1.165, 1.54) is 18.3 Å². The van der Waals surface area contributed by atoms with Gasteiger partial charge in [0.1, 0.15) is 0 Å². The van der Waals surface area contributed by atoms with Crippen molar-refractivity contribution in [1.29, 1.82) is 0 Å². The first kappa shape index (κ1) is 27.6. The number of anilines is 1. The molecule has 41 heavy (non-hydrogen) atoms. The molecular weight excluding hydrogens is 558 g/mol. The molecule has 0 bridgehead atoms. The molecule has 1 fully saturated rings. The molecule has 1 aliphatic heterocycles. The molecule has 1 atom stereocenters. The van der Waals surface area contributed by atoms with Crippen LogP contribution in [0.2, 0.25) is 5.02 Å². The predicted molar refractivity (Wildman–Crippen MR) is 162 cm³/mol. The van der Waals surface area contributed by atoms with Gasteiger partial charge in [0.25, 0.3) is 5.91 Å². The highest BCUT2D eigenvalue weighted by molar-refractivity contribution is 7.19. The quantitative estimate of drug-likeness (QED) is 0.327. The minimum absolute atomic E-state index is 0.00881. The lowest BCUT2D eigenvalue weighted by molar-refractivity contribution is -0.114. The molecule has 3 aromatic heterocycles.